The first-order valence-electron chi connectivity index (χ1n) is 18.5. The number of carbonyl (C=O) groups excluding carboxylic acids is 1. The van der Waals surface area contributed by atoms with Gasteiger partial charge in [0, 0.05) is 37.1 Å². The number of ether oxygens (including phenoxy) is 6. The van der Waals surface area contributed by atoms with Crippen LogP contribution in [0.2, 0.25) is 0 Å². The van der Waals surface area contributed by atoms with Gasteiger partial charge in [0.15, 0.2) is 12.6 Å². The van der Waals surface area contributed by atoms with E-state index in [0.29, 0.717) is 6.42 Å². The maximum atomic E-state index is 14.1. The van der Waals surface area contributed by atoms with E-state index in [4.69, 9.17) is 33.8 Å². The Labute approximate surface area is 304 Å². The first-order chi connectivity index (χ1) is 23.4. The Morgan fingerprint density at radius 2 is 1.53 bits per heavy atom. The molecule has 6 N–H and O–H groups in total. The number of carbonyl (C=O) groups is 1. The minimum atomic E-state index is -1.91. The number of rotatable bonds is 7. The van der Waals surface area contributed by atoms with Gasteiger partial charge in [-0.2, -0.15) is 0 Å². The lowest BCUT2D eigenvalue weighted by Crippen LogP contribution is -2.61. The molecule has 3 aliphatic rings. The van der Waals surface area contributed by atoms with E-state index < -0.39 is 102 Å². The number of methoxy groups -OCH3 is 1. The first kappa shape index (κ1) is 44.1. The van der Waals surface area contributed by atoms with E-state index in [-0.39, 0.29) is 37.1 Å². The normalized spacial score (nSPS) is 49.7. The highest BCUT2D eigenvalue weighted by molar-refractivity contribution is 5.86. The summed E-state index contributed by atoms with van der Waals surface area (Å²) >= 11 is 0. The molecule has 0 aromatic carbocycles. The average Bonchev–Trinajstić information content (AvgIpc) is 3.05. The second kappa shape index (κ2) is 17.0. The highest BCUT2D eigenvalue weighted by Gasteiger charge is 2.53. The molecule has 51 heavy (non-hydrogen) atoms. The van der Waals surface area contributed by atoms with Crippen LogP contribution in [0.4, 0.5) is 0 Å². The quantitative estimate of drug-likeness (QED) is 0.209. The van der Waals surface area contributed by atoms with Gasteiger partial charge in [-0.1, -0.05) is 27.7 Å². The first-order valence-corrected chi connectivity index (χ1v) is 18.5. The van der Waals surface area contributed by atoms with Crippen LogP contribution in [0.3, 0.4) is 0 Å². The molecule has 18 atom stereocenters. The summed E-state index contributed by atoms with van der Waals surface area (Å²) in [6, 6.07) is -0.304. The van der Waals surface area contributed by atoms with E-state index in [1.165, 1.54) is 14.0 Å². The third kappa shape index (κ3) is 9.51. The summed E-state index contributed by atoms with van der Waals surface area (Å²) < 4.78 is 37.2. The standard InChI is InChI=1S/C37H68N2O12/c1-14-25-37(10,45)30(41)20(4)27(38)18(2)16-35(8,44)32(51-34-28(40)24(39(11)12)15-19(3)47-34)21(5)29(22(6)33(43)49-25)50-26-17-36(9,46-13)31(42)23(7)48-26/h18-26,28-32,34,38,40-42,44-45H,14-17H2,1-13H3/t18-,19+,20+,21-,22+,23-,24-,25-,26+,28-,29+,30+,31+,32-,34-,35-,36-,37-/m0/s1. The van der Waals surface area contributed by atoms with Crippen LogP contribution in [0.5, 0.6) is 0 Å². The summed E-state index contributed by atoms with van der Waals surface area (Å²) in [5.74, 6) is -4.02. The van der Waals surface area contributed by atoms with Crippen molar-refractivity contribution in [1.29, 1.82) is 5.41 Å². The van der Waals surface area contributed by atoms with Gasteiger partial charge in [0.25, 0.3) is 0 Å². The van der Waals surface area contributed by atoms with E-state index in [9.17, 15) is 30.3 Å². The summed E-state index contributed by atoms with van der Waals surface area (Å²) in [5.41, 5.74) is -4.58. The van der Waals surface area contributed by atoms with Crippen molar-refractivity contribution in [3.05, 3.63) is 0 Å². The third-order valence-corrected chi connectivity index (χ3v) is 11.9. The number of likely N-dealkylation sites (N-methyl/N-ethyl adjacent to an activating group) is 1. The summed E-state index contributed by atoms with van der Waals surface area (Å²) in [6.07, 6.45) is -9.12. The van der Waals surface area contributed by atoms with Crippen LogP contribution >= 0.6 is 0 Å². The highest BCUT2D eigenvalue weighted by Crippen LogP contribution is 2.40. The maximum absolute atomic E-state index is 14.1. The number of hydrogen-bond donors (Lipinski definition) is 6. The van der Waals surface area contributed by atoms with Crippen LogP contribution in [0.25, 0.3) is 0 Å². The molecule has 3 saturated heterocycles. The molecule has 3 heterocycles. The lowest BCUT2D eigenvalue weighted by molar-refractivity contribution is -0.317. The Morgan fingerprint density at radius 1 is 0.922 bits per heavy atom. The summed E-state index contributed by atoms with van der Waals surface area (Å²) in [7, 11) is 5.21. The Balaban J connectivity index is 2.18. The minimum absolute atomic E-state index is 0.0107. The van der Waals surface area contributed by atoms with Gasteiger partial charge in [0.1, 0.15) is 23.9 Å². The van der Waals surface area contributed by atoms with E-state index in [1.807, 2.05) is 25.9 Å². The number of cyclic esters (lactones) is 1. The van der Waals surface area contributed by atoms with Crippen molar-refractivity contribution < 1.29 is 58.7 Å². The fourth-order valence-electron chi connectivity index (χ4n) is 8.43. The zero-order valence-electron chi connectivity index (χ0n) is 33.0. The molecule has 298 valence electrons. The molecule has 0 aliphatic carbocycles. The zero-order chi connectivity index (χ0) is 39.0. The van der Waals surface area contributed by atoms with Crippen molar-refractivity contribution in [2.75, 3.05) is 21.2 Å². The Hall–Kier alpha value is -1.30. The van der Waals surface area contributed by atoms with Gasteiger partial charge in [-0.3, -0.25) is 4.79 Å². The number of aliphatic hydroxyl groups is 5. The smallest absolute Gasteiger partial charge is 0.311 e. The van der Waals surface area contributed by atoms with Crippen LogP contribution < -0.4 is 0 Å². The van der Waals surface area contributed by atoms with Crippen molar-refractivity contribution in [2.24, 2.45) is 23.7 Å². The van der Waals surface area contributed by atoms with Gasteiger partial charge in [0.05, 0.1) is 47.6 Å². The van der Waals surface area contributed by atoms with Crippen molar-refractivity contribution >= 4 is 11.7 Å². The number of nitrogens with zero attached hydrogens (tertiary/aromatic N) is 1. The van der Waals surface area contributed by atoms with E-state index in [0.717, 1.165) is 0 Å². The van der Waals surface area contributed by atoms with Crippen LogP contribution in [0, 0.1) is 29.1 Å². The van der Waals surface area contributed by atoms with Crippen LogP contribution in [0.15, 0.2) is 0 Å². The molecule has 0 amide bonds. The SMILES string of the molecule is CC[C@@H]1OC(=O)[C@H](C)[C@H](O[C@@H]2C[C@](C)(OC)[C@H](O)[C@H](C)O2)[C@H](C)[C@H](O[C@@H]2O[C@H](C)C[C@H](N(C)C)[C@@H]2O)[C@@](C)(O)C[C@H](C)C(=N)[C@@H](C)[C@@H](O)[C@@]1(C)O. The Kier molecular flexibility index (Phi) is 14.7. The molecule has 3 aliphatic heterocycles. The number of nitrogens with one attached hydrogen (secondary N) is 1. The van der Waals surface area contributed by atoms with Gasteiger partial charge < -0.3 is 64.3 Å². The number of esters is 1. The monoisotopic (exact) mass is 732 g/mol. The summed E-state index contributed by atoms with van der Waals surface area (Å²) in [6.45, 7) is 16.8. The van der Waals surface area contributed by atoms with Crippen LogP contribution in [-0.4, -0.2) is 148 Å². The van der Waals surface area contributed by atoms with Crippen LogP contribution in [-0.2, 0) is 33.2 Å². The lowest BCUT2D eigenvalue weighted by atomic mass is 9.73. The number of aliphatic hydroxyl groups excluding tert-OH is 3. The Morgan fingerprint density at radius 3 is 2.08 bits per heavy atom. The van der Waals surface area contributed by atoms with Crippen molar-refractivity contribution in [3.63, 3.8) is 0 Å². The van der Waals surface area contributed by atoms with Gasteiger partial charge in [-0.05, 0) is 80.8 Å². The van der Waals surface area contributed by atoms with E-state index in [1.54, 1.807) is 55.4 Å². The predicted octanol–water partition coefficient (Wildman–Crippen LogP) is 2.24. The van der Waals surface area contributed by atoms with E-state index >= 15 is 0 Å². The largest absolute Gasteiger partial charge is 0.459 e. The fraction of sp³-hybridized carbons (Fsp3) is 0.946. The predicted molar refractivity (Wildman–Crippen MR) is 189 cm³/mol. The molecule has 0 bridgehead atoms. The minimum Gasteiger partial charge on any atom is -0.459 e. The zero-order valence-corrected chi connectivity index (χ0v) is 33.0. The summed E-state index contributed by atoms with van der Waals surface area (Å²) in [5, 5.41) is 66.9. The molecule has 3 rings (SSSR count). The molecular weight excluding hydrogens is 664 g/mol. The Bertz CT molecular complexity index is 1170. The average molecular weight is 733 g/mol. The number of hydrogen-bond acceptors (Lipinski definition) is 14. The molecule has 0 spiro atoms. The molecule has 0 aromatic rings. The maximum Gasteiger partial charge on any atom is 0.311 e. The van der Waals surface area contributed by atoms with Gasteiger partial charge in [-0.15, -0.1) is 0 Å². The molecule has 0 aromatic heterocycles. The van der Waals surface area contributed by atoms with E-state index in [2.05, 4.69) is 0 Å². The molecule has 3 fully saturated rings. The van der Waals surface area contributed by atoms with Gasteiger partial charge in [-0.25, -0.2) is 0 Å². The molecule has 0 unspecified atom stereocenters. The lowest BCUT2D eigenvalue weighted by Gasteiger charge is -2.49. The van der Waals surface area contributed by atoms with Crippen molar-refractivity contribution in [1.82, 2.24) is 4.90 Å². The molecule has 0 radical (unpaired) electrons. The molecular formula is C37H68N2O12. The van der Waals surface area contributed by atoms with Crippen LogP contribution in [0.1, 0.15) is 94.9 Å². The molecule has 14 heteroatoms. The molecule has 14 nitrogen and oxygen atoms in total. The van der Waals surface area contributed by atoms with Gasteiger partial charge in [0.2, 0.25) is 0 Å². The summed E-state index contributed by atoms with van der Waals surface area (Å²) in [4.78, 5) is 16.0. The van der Waals surface area contributed by atoms with Crippen molar-refractivity contribution in [2.45, 2.75) is 179 Å². The third-order valence-electron chi connectivity index (χ3n) is 11.9. The second-order valence-corrected chi connectivity index (χ2v) is 16.5. The second-order valence-electron chi connectivity index (χ2n) is 16.5. The molecule has 0 saturated carbocycles. The topological polar surface area (TPSA) is 201 Å². The fourth-order valence-corrected chi connectivity index (χ4v) is 8.43. The van der Waals surface area contributed by atoms with Crippen molar-refractivity contribution in [3.8, 4) is 0 Å². The highest BCUT2D eigenvalue weighted by atomic mass is 16.7. The van der Waals surface area contributed by atoms with Gasteiger partial charge >= 0.3 is 5.97 Å².